The summed E-state index contributed by atoms with van der Waals surface area (Å²) in [5.74, 6) is 0.467. The molecule has 0 saturated carbocycles. The summed E-state index contributed by atoms with van der Waals surface area (Å²) in [5, 5.41) is 1.14. The fourth-order valence-corrected chi connectivity index (χ4v) is 1.43. The van der Waals surface area contributed by atoms with Gasteiger partial charge in [0, 0.05) is 18.8 Å². The summed E-state index contributed by atoms with van der Waals surface area (Å²) >= 11 is 11.9. The molecule has 1 aromatic carbocycles. The van der Waals surface area contributed by atoms with E-state index in [4.69, 9.17) is 28.9 Å². The van der Waals surface area contributed by atoms with Crippen LogP contribution in [0.4, 0.5) is 0 Å². The second kappa shape index (κ2) is 7.25. The van der Waals surface area contributed by atoms with E-state index in [9.17, 15) is 0 Å². The SMILES string of the molecule is C.CN=C(N)CN=Cc1c(Cl)cccc1Cl. The first-order valence-corrected chi connectivity index (χ1v) is 5.05. The molecule has 1 rings (SSSR count). The first-order valence-electron chi connectivity index (χ1n) is 4.30. The Kier molecular flexibility index (Phi) is 6.77. The van der Waals surface area contributed by atoms with Gasteiger partial charge in [0.2, 0.25) is 0 Å². The number of amidine groups is 1. The van der Waals surface area contributed by atoms with Crippen LogP contribution in [0.3, 0.4) is 0 Å². The normalized spacial score (nSPS) is 11.6. The molecular formula is C11H15Cl2N3. The third-order valence-corrected chi connectivity index (χ3v) is 2.42. The minimum atomic E-state index is 0. The first-order chi connectivity index (χ1) is 7.15. The van der Waals surface area contributed by atoms with Crippen molar-refractivity contribution in [3.63, 3.8) is 0 Å². The Morgan fingerprint density at radius 1 is 1.38 bits per heavy atom. The van der Waals surface area contributed by atoms with Gasteiger partial charge in [-0.15, -0.1) is 0 Å². The number of rotatable bonds is 3. The number of benzene rings is 1. The second-order valence-electron chi connectivity index (χ2n) is 2.82. The molecule has 0 saturated heterocycles. The molecule has 5 heteroatoms. The standard InChI is InChI=1S/C10H11Cl2N3.CH4/c1-14-10(13)6-15-5-7-8(11)3-2-4-9(7)12;/h2-5H,6H2,1H3,(H2,13,14);1H4. The lowest BCUT2D eigenvalue weighted by Gasteiger charge is -2.00. The van der Waals surface area contributed by atoms with Gasteiger partial charge >= 0.3 is 0 Å². The van der Waals surface area contributed by atoms with Crippen LogP contribution in [0.25, 0.3) is 0 Å². The monoisotopic (exact) mass is 259 g/mol. The minimum absolute atomic E-state index is 0. The molecule has 0 aliphatic heterocycles. The van der Waals surface area contributed by atoms with Gasteiger partial charge in [-0.25, -0.2) is 0 Å². The van der Waals surface area contributed by atoms with Crippen LogP contribution in [0.15, 0.2) is 28.2 Å². The molecule has 0 fully saturated rings. The summed E-state index contributed by atoms with van der Waals surface area (Å²) in [6, 6.07) is 5.29. The zero-order valence-corrected chi connectivity index (χ0v) is 9.76. The summed E-state index contributed by atoms with van der Waals surface area (Å²) in [6.45, 7) is 0.345. The Hall–Kier alpha value is -1.06. The second-order valence-corrected chi connectivity index (χ2v) is 3.63. The minimum Gasteiger partial charge on any atom is -0.386 e. The third-order valence-electron chi connectivity index (χ3n) is 1.76. The molecule has 0 aliphatic carbocycles. The van der Waals surface area contributed by atoms with Gasteiger partial charge in [-0.3, -0.25) is 9.98 Å². The van der Waals surface area contributed by atoms with Crippen molar-refractivity contribution in [2.24, 2.45) is 15.7 Å². The highest BCUT2D eigenvalue weighted by atomic mass is 35.5. The van der Waals surface area contributed by atoms with Crippen molar-refractivity contribution >= 4 is 35.3 Å². The molecule has 0 spiro atoms. The van der Waals surface area contributed by atoms with Gasteiger partial charge in [-0.1, -0.05) is 36.7 Å². The smallest absolute Gasteiger partial charge is 0.115 e. The largest absolute Gasteiger partial charge is 0.386 e. The van der Waals surface area contributed by atoms with Gasteiger partial charge < -0.3 is 5.73 Å². The molecule has 0 unspecified atom stereocenters. The van der Waals surface area contributed by atoms with Crippen molar-refractivity contribution in [2.75, 3.05) is 13.6 Å². The average molecular weight is 260 g/mol. The van der Waals surface area contributed by atoms with E-state index in [2.05, 4.69) is 9.98 Å². The van der Waals surface area contributed by atoms with Crippen LogP contribution >= 0.6 is 23.2 Å². The van der Waals surface area contributed by atoms with Gasteiger partial charge in [-0.2, -0.15) is 0 Å². The Labute approximate surface area is 106 Å². The fourth-order valence-electron chi connectivity index (χ4n) is 0.935. The lowest BCUT2D eigenvalue weighted by Crippen LogP contribution is -2.15. The van der Waals surface area contributed by atoms with Gasteiger partial charge in [0.15, 0.2) is 0 Å². The third kappa shape index (κ3) is 4.21. The maximum Gasteiger partial charge on any atom is 0.115 e. The molecule has 0 aromatic heterocycles. The van der Waals surface area contributed by atoms with Crippen LogP contribution in [0.2, 0.25) is 10.0 Å². The highest BCUT2D eigenvalue weighted by Crippen LogP contribution is 2.21. The van der Waals surface area contributed by atoms with E-state index in [0.717, 1.165) is 0 Å². The van der Waals surface area contributed by atoms with E-state index in [-0.39, 0.29) is 7.43 Å². The Morgan fingerprint density at radius 2 is 1.94 bits per heavy atom. The Morgan fingerprint density at radius 3 is 2.44 bits per heavy atom. The zero-order chi connectivity index (χ0) is 11.3. The summed E-state index contributed by atoms with van der Waals surface area (Å²) < 4.78 is 0. The van der Waals surface area contributed by atoms with Crippen LogP contribution in [0, 0.1) is 0 Å². The number of hydrogen-bond donors (Lipinski definition) is 1. The zero-order valence-electron chi connectivity index (χ0n) is 8.24. The van der Waals surface area contributed by atoms with E-state index < -0.39 is 0 Å². The highest BCUT2D eigenvalue weighted by Gasteiger charge is 2.01. The average Bonchev–Trinajstić information content (AvgIpc) is 2.22. The fraction of sp³-hybridized carbons (Fsp3) is 0.273. The lowest BCUT2D eigenvalue weighted by atomic mass is 10.2. The highest BCUT2D eigenvalue weighted by molar-refractivity contribution is 6.38. The number of nitrogens with zero attached hydrogens (tertiary/aromatic N) is 2. The van der Waals surface area contributed by atoms with Gasteiger partial charge in [-0.05, 0) is 12.1 Å². The van der Waals surface area contributed by atoms with Crippen LogP contribution in [0.1, 0.15) is 13.0 Å². The van der Waals surface area contributed by atoms with Crippen LogP contribution < -0.4 is 5.73 Å². The lowest BCUT2D eigenvalue weighted by molar-refractivity contribution is 1.24. The molecule has 0 heterocycles. The molecule has 0 bridgehead atoms. The van der Waals surface area contributed by atoms with E-state index in [1.807, 2.05) is 0 Å². The molecule has 0 amide bonds. The molecule has 0 aliphatic rings. The number of aliphatic imine (C=N–C) groups is 2. The summed E-state index contributed by atoms with van der Waals surface area (Å²) in [4.78, 5) is 7.86. The summed E-state index contributed by atoms with van der Waals surface area (Å²) in [7, 11) is 1.62. The molecule has 1 aromatic rings. The molecule has 88 valence electrons. The maximum absolute atomic E-state index is 5.94. The molecule has 0 atom stereocenters. The number of nitrogens with two attached hydrogens (primary N) is 1. The van der Waals surface area contributed by atoms with E-state index in [0.29, 0.717) is 28.0 Å². The van der Waals surface area contributed by atoms with Crippen LogP contribution in [-0.4, -0.2) is 25.6 Å². The quantitative estimate of drug-likeness (QED) is 0.659. The van der Waals surface area contributed by atoms with Crippen molar-refractivity contribution in [1.82, 2.24) is 0 Å². The summed E-state index contributed by atoms with van der Waals surface area (Å²) in [6.07, 6.45) is 1.60. The molecule has 2 N–H and O–H groups in total. The van der Waals surface area contributed by atoms with Crippen molar-refractivity contribution < 1.29 is 0 Å². The van der Waals surface area contributed by atoms with Crippen LogP contribution in [0.5, 0.6) is 0 Å². The summed E-state index contributed by atoms with van der Waals surface area (Å²) in [5.41, 5.74) is 6.18. The van der Waals surface area contributed by atoms with E-state index in [1.54, 1.807) is 31.5 Å². The number of halogens is 2. The molecule has 0 radical (unpaired) electrons. The van der Waals surface area contributed by atoms with Gasteiger partial charge in [0.05, 0.1) is 16.6 Å². The van der Waals surface area contributed by atoms with E-state index in [1.165, 1.54) is 0 Å². The Balaban J connectivity index is 0.00000225. The van der Waals surface area contributed by atoms with Crippen molar-refractivity contribution in [1.29, 1.82) is 0 Å². The first kappa shape index (κ1) is 14.9. The van der Waals surface area contributed by atoms with Crippen molar-refractivity contribution in [2.45, 2.75) is 7.43 Å². The van der Waals surface area contributed by atoms with Crippen molar-refractivity contribution in [3.8, 4) is 0 Å². The van der Waals surface area contributed by atoms with E-state index >= 15 is 0 Å². The van der Waals surface area contributed by atoms with Crippen molar-refractivity contribution in [3.05, 3.63) is 33.8 Å². The molecule has 3 nitrogen and oxygen atoms in total. The molecular weight excluding hydrogens is 245 g/mol. The van der Waals surface area contributed by atoms with Gasteiger partial charge in [0.1, 0.15) is 5.84 Å². The maximum atomic E-state index is 5.94. The van der Waals surface area contributed by atoms with Crippen LogP contribution in [-0.2, 0) is 0 Å². The predicted molar refractivity (Wildman–Crippen MR) is 73.2 cm³/mol. The predicted octanol–water partition coefficient (Wildman–Crippen LogP) is 3.04. The Bertz CT molecular complexity index is 380. The van der Waals surface area contributed by atoms with Gasteiger partial charge in [0.25, 0.3) is 0 Å². The number of hydrogen-bond acceptors (Lipinski definition) is 2. The topological polar surface area (TPSA) is 50.7 Å². The molecule has 16 heavy (non-hydrogen) atoms.